The quantitative estimate of drug-likeness (QED) is 0.735. The summed E-state index contributed by atoms with van der Waals surface area (Å²) in [6.07, 6.45) is -0.497. The molecule has 2 aromatic rings. The molecule has 0 unspecified atom stereocenters. The number of aryl methyl sites for hydroxylation is 1. The fourth-order valence-corrected chi connectivity index (χ4v) is 3.76. The van der Waals surface area contributed by atoms with E-state index in [2.05, 4.69) is 60.9 Å². The molecule has 0 bridgehead atoms. The number of aliphatic hydroxyl groups is 1. The molecule has 0 radical (unpaired) electrons. The van der Waals surface area contributed by atoms with Crippen molar-refractivity contribution >= 4 is 5.69 Å². The van der Waals surface area contributed by atoms with Crippen molar-refractivity contribution in [3.63, 3.8) is 0 Å². The molecule has 5 heteroatoms. The van der Waals surface area contributed by atoms with Crippen molar-refractivity contribution in [2.24, 2.45) is 0 Å². The third kappa shape index (κ3) is 5.87. The molecule has 0 aliphatic carbocycles. The molecule has 0 spiro atoms. The van der Waals surface area contributed by atoms with E-state index >= 15 is 0 Å². The average molecular weight is 399 g/mol. The number of benzene rings is 2. The maximum atomic E-state index is 10.5. The summed E-state index contributed by atoms with van der Waals surface area (Å²) in [5.41, 5.74) is 3.58. The highest BCUT2D eigenvalue weighted by Crippen LogP contribution is 2.27. The third-order valence-electron chi connectivity index (χ3n) is 5.50. The molecule has 0 aromatic heterocycles. The van der Waals surface area contributed by atoms with Gasteiger partial charge in [-0.05, 0) is 54.3 Å². The Morgan fingerprint density at radius 3 is 2.31 bits per heavy atom. The minimum absolute atomic E-state index is 0.321. The summed E-state index contributed by atoms with van der Waals surface area (Å²) in [5, 5.41) is 10.5. The van der Waals surface area contributed by atoms with Crippen LogP contribution in [-0.4, -0.2) is 62.6 Å². The van der Waals surface area contributed by atoms with Crippen LogP contribution in [0.15, 0.2) is 42.5 Å². The van der Waals surface area contributed by atoms with Gasteiger partial charge in [0.05, 0.1) is 7.11 Å². The van der Waals surface area contributed by atoms with Crippen LogP contribution in [0.4, 0.5) is 5.69 Å². The molecule has 1 atom stereocenters. The number of hydrogen-bond donors (Lipinski definition) is 1. The lowest BCUT2D eigenvalue weighted by Gasteiger charge is -2.37. The highest BCUT2D eigenvalue weighted by molar-refractivity contribution is 5.49. The Labute approximate surface area is 174 Å². The van der Waals surface area contributed by atoms with Gasteiger partial charge in [-0.2, -0.15) is 0 Å². The number of methoxy groups -OCH3 is 1. The predicted molar refractivity (Wildman–Crippen MR) is 118 cm³/mol. The summed E-state index contributed by atoms with van der Waals surface area (Å²) >= 11 is 0. The second-order valence-electron chi connectivity index (χ2n) is 8.15. The van der Waals surface area contributed by atoms with Crippen LogP contribution in [-0.2, 0) is 0 Å². The lowest BCUT2D eigenvalue weighted by Crippen LogP contribution is -2.49. The van der Waals surface area contributed by atoms with Crippen LogP contribution in [0.3, 0.4) is 0 Å². The Morgan fingerprint density at radius 1 is 1.00 bits per heavy atom. The zero-order chi connectivity index (χ0) is 20.8. The van der Waals surface area contributed by atoms with Gasteiger partial charge in [-0.3, -0.25) is 4.90 Å². The molecule has 1 saturated heterocycles. The van der Waals surface area contributed by atoms with E-state index in [1.54, 1.807) is 7.11 Å². The Hall–Kier alpha value is -2.24. The topological polar surface area (TPSA) is 45.2 Å². The molecule has 1 aliphatic rings. The van der Waals surface area contributed by atoms with Crippen molar-refractivity contribution in [1.82, 2.24) is 4.90 Å². The van der Waals surface area contributed by atoms with Crippen molar-refractivity contribution in [1.29, 1.82) is 0 Å². The molecule has 2 aromatic carbocycles. The molecular formula is C24H34N2O3. The van der Waals surface area contributed by atoms with Crippen LogP contribution in [0.1, 0.15) is 30.9 Å². The monoisotopic (exact) mass is 398 g/mol. The van der Waals surface area contributed by atoms with E-state index in [1.807, 2.05) is 12.1 Å². The fourth-order valence-electron chi connectivity index (χ4n) is 3.76. The highest BCUT2D eigenvalue weighted by Gasteiger charge is 2.20. The largest absolute Gasteiger partial charge is 0.497 e. The van der Waals surface area contributed by atoms with Crippen molar-refractivity contribution in [3.05, 3.63) is 53.6 Å². The number of nitrogens with zero attached hydrogens (tertiary/aromatic N) is 2. The minimum atomic E-state index is -0.497. The van der Waals surface area contributed by atoms with Crippen LogP contribution >= 0.6 is 0 Å². The van der Waals surface area contributed by atoms with Gasteiger partial charge in [0.25, 0.3) is 0 Å². The summed E-state index contributed by atoms with van der Waals surface area (Å²) in [5.74, 6) is 2.17. The molecule has 158 valence electrons. The molecule has 3 rings (SSSR count). The van der Waals surface area contributed by atoms with Crippen LogP contribution in [0.25, 0.3) is 0 Å². The maximum absolute atomic E-state index is 10.5. The second-order valence-corrected chi connectivity index (χ2v) is 8.15. The smallest absolute Gasteiger partial charge is 0.123 e. The Bertz CT molecular complexity index is 768. The van der Waals surface area contributed by atoms with Gasteiger partial charge in [-0.1, -0.05) is 26.0 Å². The van der Waals surface area contributed by atoms with Crippen molar-refractivity contribution < 1.29 is 14.6 Å². The van der Waals surface area contributed by atoms with E-state index in [0.29, 0.717) is 19.1 Å². The zero-order valence-corrected chi connectivity index (χ0v) is 18.1. The third-order valence-corrected chi connectivity index (χ3v) is 5.50. The molecule has 1 fully saturated rings. The van der Waals surface area contributed by atoms with E-state index in [4.69, 9.17) is 9.47 Å². The first-order valence-electron chi connectivity index (χ1n) is 10.5. The summed E-state index contributed by atoms with van der Waals surface area (Å²) < 4.78 is 11.2. The lowest BCUT2D eigenvalue weighted by molar-refractivity contribution is 0.0659. The van der Waals surface area contributed by atoms with E-state index in [0.717, 1.165) is 37.7 Å². The van der Waals surface area contributed by atoms with E-state index in [9.17, 15) is 5.11 Å². The SMILES string of the molecule is COc1ccc(N2CCN(C[C@H](O)COc3cc(C)ccc3C(C)C)CC2)cc1. The van der Waals surface area contributed by atoms with E-state index in [1.165, 1.54) is 16.8 Å². The molecule has 1 aliphatic heterocycles. The molecule has 5 nitrogen and oxygen atoms in total. The van der Waals surface area contributed by atoms with Crippen LogP contribution in [0, 0.1) is 6.92 Å². The molecule has 1 heterocycles. The van der Waals surface area contributed by atoms with Gasteiger partial charge in [-0.25, -0.2) is 0 Å². The number of aliphatic hydroxyl groups excluding tert-OH is 1. The lowest BCUT2D eigenvalue weighted by atomic mass is 10.0. The first-order chi connectivity index (χ1) is 14.0. The van der Waals surface area contributed by atoms with Gasteiger partial charge in [0.15, 0.2) is 0 Å². The average Bonchev–Trinajstić information content (AvgIpc) is 2.73. The molecule has 1 N–H and O–H groups in total. The first-order valence-corrected chi connectivity index (χ1v) is 10.5. The highest BCUT2D eigenvalue weighted by atomic mass is 16.5. The zero-order valence-electron chi connectivity index (χ0n) is 18.1. The molecule has 29 heavy (non-hydrogen) atoms. The number of hydrogen-bond acceptors (Lipinski definition) is 5. The van der Waals surface area contributed by atoms with Gasteiger partial charge in [0.2, 0.25) is 0 Å². The van der Waals surface area contributed by atoms with Gasteiger partial charge < -0.3 is 19.5 Å². The summed E-state index contributed by atoms with van der Waals surface area (Å²) in [6.45, 7) is 11.1. The van der Waals surface area contributed by atoms with Crippen molar-refractivity contribution in [2.75, 3.05) is 51.3 Å². The second kappa shape index (κ2) is 9.99. The van der Waals surface area contributed by atoms with Crippen molar-refractivity contribution in [3.8, 4) is 11.5 Å². The summed E-state index contributed by atoms with van der Waals surface area (Å²) in [7, 11) is 1.69. The number of rotatable bonds is 8. The van der Waals surface area contributed by atoms with Crippen molar-refractivity contribution in [2.45, 2.75) is 32.8 Å². The molecule has 0 saturated carbocycles. The summed E-state index contributed by atoms with van der Waals surface area (Å²) in [6, 6.07) is 14.5. The Morgan fingerprint density at radius 2 is 1.69 bits per heavy atom. The summed E-state index contributed by atoms with van der Waals surface area (Å²) in [4.78, 5) is 4.69. The standard InChI is InChI=1S/C24H34N2O3/c1-18(2)23-10-5-19(3)15-24(23)29-17-21(27)16-25-11-13-26(14-12-25)20-6-8-22(28-4)9-7-20/h5-10,15,18,21,27H,11-14,16-17H2,1-4H3/t21-/m0/s1. The molecule has 0 amide bonds. The minimum Gasteiger partial charge on any atom is -0.497 e. The Kier molecular flexibility index (Phi) is 7.40. The Balaban J connectivity index is 1.46. The maximum Gasteiger partial charge on any atom is 0.123 e. The normalized spacial score (nSPS) is 16.1. The van der Waals surface area contributed by atoms with E-state index in [-0.39, 0.29) is 0 Å². The number of piperazine rings is 1. The van der Waals surface area contributed by atoms with Crippen LogP contribution in [0.2, 0.25) is 0 Å². The fraction of sp³-hybridized carbons (Fsp3) is 0.500. The van der Waals surface area contributed by atoms with Gasteiger partial charge in [0, 0.05) is 38.4 Å². The first kappa shape index (κ1) is 21.5. The molecular weight excluding hydrogens is 364 g/mol. The number of β-amino-alcohol motifs (C(OH)–C–C–N with tert-alkyl or cyclic N) is 1. The number of ether oxygens (including phenoxy) is 2. The van der Waals surface area contributed by atoms with Crippen LogP contribution in [0.5, 0.6) is 11.5 Å². The van der Waals surface area contributed by atoms with Gasteiger partial charge >= 0.3 is 0 Å². The predicted octanol–water partition coefficient (Wildman–Crippen LogP) is 3.69. The van der Waals surface area contributed by atoms with Gasteiger partial charge in [0.1, 0.15) is 24.2 Å². The van der Waals surface area contributed by atoms with E-state index < -0.39 is 6.10 Å². The van der Waals surface area contributed by atoms with Gasteiger partial charge in [-0.15, -0.1) is 0 Å². The van der Waals surface area contributed by atoms with Crippen LogP contribution < -0.4 is 14.4 Å². The number of anilines is 1.